The zero-order chi connectivity index (χ0) is 7.98. The van der Waals surface area contributed by atoms with Crippen LogP contribution in [0.2, 0.25) is 0 Å². The van der Waals surface area contributed by atoms with E-state index < -0.39 is 0 Å². The normalized spacial score (nSPS) is 12.4. The van der Waals surface area contributed by atoms with Gasteiger partial charge in [0.25, 0.3) is 0 Å². The van der Waals surface area contributed by atoms with Gasteiger partial charge in [0.2, 0.25) is 0 Å². The lowest BCUT2D eigenvalue weighted by Crippen LogP contribution is -1.99. The largest absolute Gasteiger partial charge is 0.399 e. The second-order valence-electron chi connectivity index (χ2n) is 1.90. The summed E-state index contributed by atoms with van der Waals surface area (Å²) in [4.78, 5) is 0. The van der Waals surface area contributed by atoms with Crippen LogP contribution in [0.4, 0.5) is 0 Å². The summed E-state index contributed by atoms with van der Waals surface area (Å²) >= 11 is 4.08. The molecule has 0 aliphatic heterocycles. The van der Waals surface area contributed by atoms with Gasteiger partial charge in [-0.25, -0.2) is 0 Å². The van der Waals surface area contributed by atoms with E-state index in [4.69, 9.17) is 5.73 Å². The Hall–Kier alpha value is -0.630. The highest BCUT2D eigenvalue weighted by Gasteiger charge is 1.91. The standard InChI is InChI=1S/C8H13NS/c1-3-4-5-8(6-10)7(2)9/h3-5,10H,2,6,9H2,1H3/b4-3-,8-5-. The minimum absolute atomic E-state index is 0.591. The quantitative estimate of drug-likeness (QED) is 0.472. The summed E-state index contributed by atoms with van der Waals surface area (Å²) < 4.78 is 0. The van der Waals surface area contributed by atoms with E-state index >= 15 is 0 Å². The molecule has 1 nitrogen and oxygen atoms in total. The van der Waals surface area contributed by atoms with Crippen molar-refractivity contribution in [1.82, 2.24) is 0 Å². The lowest BCUT2D eigenvalue weighted by molar-refractivity contribution is 1.32. The van der Waals surface area contributed by atoms with Crippen LogP contribution in [0.3, 0.4) is 0 Å². The second kappa shape index (κ2) is 5.18. The summed E-state index contributed by atoms with van der Waals surface area (Å²) in [6.07, 6.45) is 5.77. The zero-order valence-corrected chi connectivity index (χ0v) is 7.07. The van der Waals surface area contributed by atoms with Crippen molar-refractivity contribution in [2.24, 2.45) is 5.73 Å². The van der Waals surface area contributed by atoms with Crippen LogP contribution in [-0.4, -0.2) is 5.75 Å². The number of thiol groups is 1. The lowest BCUT2D eigenvalue weighted by Gasteiger charge is -1.98. The maximum Gasteiger partial charge on any atom is 0.0281 e. The Morgan fingerprint density at radius 2 is 2.30 bits per heavy atom. The second-order valence-corrected chi connectivity index (χ2v) is 2.22. The Morgan fingerprint density at radius 1 is 1.70 bits per heavy atom. The molecule has 0 heterocycles. The molecule has 2 N–H and O–H groups in total. The number of hydrogen-bond donors (Lipinski definition) is 2. The van der Waals surface area contributed by atoms with E-state index in [2.05, 4.69) is 19.2 Å². The van der Waals surface area contributed by atoms with E-state index in [1.54, 1.807) is 0 Å². The van der Waals surface area contributed by atoms with Gasteiger partial charge >= 0.3 is 0 Å². The molecule has 0 rings (SSSR count). The fraction of sp³-hybridized carbons (Fsp3) is 0.250. The minimum atomic E-state index is 0.591. The van der Waals surface area contributed by atoms with E-state index in [0.717, 1.165) is 5.57 Å². The van der Waals surface area contributed by atoms with Gasteiger partial charge in [0.15, 0.2) is 0 Å². The first-order chi connectivity index (χ1) is 4.72. The topological polar surface area (TPSA) is 26.0 Å². The maximum absolute atomic E-state index is 5.44. The molecule has 0 fully saturated rings. The predicted octanol–water partition coefficient (Wildman–Crippen LogP) is 1.89. The van der Waals surface area contributed by atoms with Gasteiger partial charge in [0, 0.05) is 11.4 Å². The average Bonchev–Trinajstić information content (AvgIpc) is 1.89. The number of nitrogens with two attached hydrogens (primary N) is 1. The summed E-state index contributed by atoms with van der Waals surface area (Å²) in [5, 5.41) is 0. The van der Waals surface area contributed by atoms with Crippen molar-refractivity contribution in [2.75, 3.05) is 5.75 Å². The number of rotatable bonds is 3. The van der Waals surface area contributed by atoms with Gasteiger partial charge in [-0.15, -0.1) is 0 Å². The fourth-order valence-electron chi connectivity index (χ4n) is 0.474. The van der Waals surface area contributed by atoms with Crippen LogP contribution in [0.5, 0.6) is 0 Å². The van der Waals surface area contributed by atoms with Crippen molar-refractivity contribution >= 4 is 12.6 Å². The molecule has 0 aromatic carbocycles. The van der Waals surface area contributed by atoms with Gasteiger partial charge < -0.3 is 5.73 Å². The third-order valence-corrected chi connectivity index (χ3v) is 1.41. The van der Waals surface area contributed by atoms with Crippen LogP contribution >= 0.6 is 12.6 Å². The highest BCUT2D eigenvalue weighted by atomic mass is 32.1. The van der Waals surface area contributed by atoms with E-state index in [1.807, 2.05) is 25.2 Å². The molecule has 0 aromatic rings. The molecule has 0 aliphatic rings. The van der Waals surface area contributed by atoms with Crippen molar-refractivity contribution in [3.05, 3.63) is 36.1 Å². The smallest absolute Gasteiger partial charge is 0.0281 e. The number of allylic oxidation sites excluding steroid dienone is 4. The minimum Gasteiger partial charge on any atom is -0.399 e. The third-order valence-electron chi connectivity index (χ3n) is 1.07. The van der Waals surface area contributed by atoms with Crippen molar-refractivity contribution in [2.45, 2.75) is 6.92 Å². The molecular formula is C8H13NS. The average molecular weight is 155 g/mol. The van der Waals surface area contributed by atoms with Crippen LogP contribution in [0.15, 0.2) is 36.1 Å². The third kappa shape index (κ3) is 3.41. The molecule has 0 aromatic heterocycles. The molecule has 0 atom stereocenters. The Morgan fingerprint density at radius 3 is 2.60 bits per heavy atom. The van der Waals surface area contributed by atoms with E-state index in [-0.39, 0.29) is 0 Å². The Labute approximate surface area is 67.7 Å². The van der Waals surface area contributed by atoms with Crippen LogP contribution in [0, 0.1) is 0 Å². The van der Waals surface area contributed by atoms with Gasteiger partial charge in [0.05, 0.1) is 0 Å². The highest BCUT2D eigenvalue weighted by Crippen LogP contribution is 2.03. The van der Waals surface area contributed by atoms with E-state index in [1.165, 1.54) is 0 Å². The molecule has 0 unspecified atom stereocenters. The molecule has 56 valence electrons. The molecule has 10 heavy (non-hydrogen) atoms. The monoisotopic (exact) mass is 155 g/mol. The molecular weight excluding hydrogens is 142 g/mol. The predicted molar refractivity (Wildman–Crippen MR) is 50.1 cm³/mol. The van der Waals surface area contributed by atoms with E-state index in [0.29, 0.717) is 11.4 Å². The van der Waals surface area contributed by atoms with Gasteiger partial charge in [0.1, 0.15) is 0 Å². The molecule has 0 saturated heterocycles. The first-order valence-electron chi connectivity index (χ1n) is 3.09. The van der Waals surface area contributed by atoms with E-state index in [9.17, 15) is 0 Å². The number of hydrogen-bond acceptors (Lipinski definition) is 2. The Kier molecular flexibility index (Phi) is 4.85. The van der Waals surface area contributed by atoms with Crippen LogP contribution in [0.1, 0.15) is 6.92 Å². The molecule has 0 saturated carbocycles. The first-order valence-corrected chi connectivity index (χ1v) is 3.73. The summed E-state index contributed by atoms with van der Waals surface area (Å²) in [6.45, 7) is 5.56. The molecule has 0 bridgehead atoms. The van der Waals surface area contributed by atoms with Crippen LogP contribution < -0.4 is 5.73 Å². The molecule has 2 heteroatoms. The SMILES string of the molecule is C=C(N)/C(=C\C=C/C)CS. The maximum atomic E-state index is 5.44. The van der Waals surface area contributed by atoms with Gasteiger partial charge in [-0.3, -0.25) is 0 Å². The fourth-order valence-corrected chi connectivity index (χ4v) is 0.782. The Balaban J connectivity index is 4.18. The summed E-state index contributed by atoms with van der Waals surface area (Å²) in [5.74, 6) is 0.639. The Bertz CT molecular complexity index is 168. The van der Waals surface area contributed by atoms with Crippen LogP contribution in [-0.2, 0) is 0 Å². The highest BCUT2D eigenvalue weighted by molar-refractivity contribution is 7.80. The van der Waals surface area contributed by atoms with Crippen molar-refractivity contribution in [3.8, 4) is 0 Å². The van der Waals surface area contributed by atoms with Gasteiger partial charge in [-0.2, -0.15) is 12.6 Å². The summed E-state index contributed by atoms with van der Waals surface area (Å²) in [7, 11) is 0. The first kappa shape index (κ1) is 9.37. The van der Waals surface area contributed by atoms with Gasteiger partial charge in [-0.05, 0) is 12.5 Å². The van der Waals surface area contributed by atoms with Crippen molar-refractivity contribution in [1.29, 1.82) is 0 Å². The molecule has 0 spiro atoms. The zero-order valence-electron chi connectivity index (χ0n) is 6.17. The molecule has 0 radical (unpaired) electrons. The summed E-state index contributed by atoms with van der Waals surface area (Å²) in [6, 6.07) is 0. The molecule has 0 aliphatic carbocycles. The molecule has 0 amide bonds. The van der Waals surface area contributed by atoms with Crippen molar-refractivity contribution in [3.63, 3.8) is 0 Å². The summed E-state index contributed by atoms with van der Waals surface area (Å²) in [5.41, 5.74) is 7.01. The van der Waals surface area contributed by atoms with Crippen molar-refractivity contribution < 1.29 is 0 Å². The van der Waals surface area contributed by atoms with Gasteiger partial charge in [-0.1, -0.05) is 24.8 Å². The lowest BCUT2D eigenvalue weighted by atomic mass is 10.2. The van der Waals surface area contributed by atoms with Crippen LogP contribution in [0.25, 0.3) is 0 Å².